The second-order valence-corrected chi connectivity index (χ2v) is 18.8. The molecule has 1 aliphatic rings. The summed E-state index contributed by atoms with van der Waals surface area (Å²) in [5.41, 5.74) is 20.1. The van der Waals surface area contributed by atoms with Gasteiger partial charge in [0.2, 0.25) is 47.3 Å². The maximum absolute atomic E-state index is 14.8. The maximum atomic E-state index is 14.8. The maximum Gasteiger partial charge on any atom is 0.243 e. The number of aromatic nitrogens is 6. The number of guanidine groups is 1. The summed E-state index contributed by atoms with van der Waals surface area (Å²) in [5.74, 6) is -5.91. The van der Waals surface area contributed by atoms with Crippen LogP contribution in [0.5, 0.6) is 0 Å². The Kier molecular flexibility index (Phi) is 21.0. The van der Waals surface area contributed by atoms with Crippen LogP contribution in [0.25, 0.3) is 10.9 Å². The Labute approximate surface area is 438 Å². The normalized spacial score (nSPS) is 20.8. The molecule has 2 aromatic carbocycles. The summed E-state index contributed by atoms with van der Waals surface area (Å²) >= 11 is 0. The van der Waals surface area contributed by atoms with Gasteiger partial charge < -0.3 is 64.4 Å². The number of benzene rings is 2. The molecule has 2 bridgehead atoms. The van der Waals surface area contributed by atoms with Crippen LogP contribution in [0.1, 0.15) is 87.7 Å². The van der Waals surface area contributed by atoms with Crippen LogP contribution in [0, 0.1) is 0 Å². The van der Waals surface area contributed by atoms with Crippen molar-refractivity contribution in [1.82, 2.24) is 67.2 Å². The van der Waals surface area contributed by atoms with Crippen LogP contribution in [0.15, 0.2) is 84.5 Å². The number of imidazole rings is 1. The minimum atomic E-state index is -1.36. The van der Waals surface area contributed by atoms with Crippen molar-refractivity contribution in [2.45, 2.75) is 140 Å². The molecule has 0 spiro atoms. The van der Waals surface area contributed by atoms with Gasteiger partial charge in [0.25, 0.3) is 0 Å². The molecule has 76 heavy (non-hydrogen) atoms. The zero-order valence-corrected chi connectivity index (χ0v) is 42.7. The Morgan fingerprint density at radius 1 is 0.789 bits per heavy atom. The number of nitrogens with zero attached hydrogens (tertiary/aromatic N) is 5. The Hall–Kier alpha value is -8.64. The molecule has 15 N–H and O–H groups in total. The lowest BCUT2D eigenvalue weighted by Crippen LogP contribution is -2.60. The zero-order chi connectivity index (χ0) is 54.6. The molecule has 406 valence electrons. The lowest BCUT2D eigenvalue weighted by atomic mass is 10.0. The van der Waals surface area contributed by atoms with E-state index in [2.05, 4.69) is 67.5 Å². The summed E-state index contributed by atoms with van der Waals surface area (Å²) in [7, 11) is 0. The molecule has 25 heteroatoms. The van der Waals surface area contributed by atoms with Crippen molar-refractivity contribution in [3.8, 4) is 0 Å². The third-order valence-corrected chi connectivity index (χ3v) is 12.8. The molecule has 0 radical (unpaired) electrons. The molecule has 25 nitrogen and oxygen atoms in total. The fourth-order valence-electron chi connectivity index (χ4n) is 8.81. The highest BCUT2D eigenvalue weighted by atomic mass is 16.2. The van der Waals surface area contributed by atoms with Crippen LogP contribution in [0.4, 0.5) is 0 Å². The van der Waals surface area contributed by atoms with Crippen LogP contribution in [-0.2, 0) is 70.6 Å². The number of unbranched alkanes of at least 4 members (excludes halogenated alkanes) is 1. The monoisotopic (exact) mass is 1050 g/mol. The van der Waals surface area contributed by atoms with Gasteiger partial charge in [-0.25, -0.2) is 4.98 Å². The average Bonchev–Trinajstić information content (AvgIpc) is 4.18. The van der Waals surface area contributed by atoms with Crippen LogP contribution < -0.4 is 54.4 Å². The number of carbonyl (C=O) groups excluding carboxylic acids is 8. The molecule has 8 amide bonds. The second-order valence-electron chi connectivity index (χ2n) is 18.8. The van der Waals surface area contributed by atoms with E-state index in [1.54, 1.807) is 42.7 Å². The Morgan fingerprint density at radius 3 is 2.16 bits per heavy atom. The highest BCUT2D eigenvalue weighted by Gasteiger charge is 2.35. The predicted molar refractivity (Wildman–Crippen MR) is 280 cm³/mol. The molecule has 6 rings (SSSR count). The van der Waals surface area contributed by atoms with Gasteiger partial charge in [-0.2, -0.15) is 0 Å². The molecule has 1 aliphatic heterocycles. The smallest absolute Gasteiger partial charge is 0.243 e. The van der Waals surface area contributed by atoms with E-state index >= 15 is 0 Å². The summed E-state index contributed by atoms with van der Waals surface area (Å²) < 4.78 is 1.47. The molecule has 3 aromatic heterocycles. The van der Waals surface area contributed by atoms with Crippen molar-refractivity contribution < 1.29 is 38.4 Å². The van der Waals surface area contributed by atoms with Crippen molar-refractivity contribution >= 4 is 64.1 Å². The second kappa shape index (κ2) is 28.1. The molecule has 7 atom stereocenters. The number of amides is 8. The lowest BCUT2D eigenvalue weighted by molar-refractivity contribution is -0.135. The van der Waals surface area contributed by atoms with Gasteiger partial charge in [-0.05, 0) is 62.1 Å². The summed E-state index contributed by atoms with van der Waals surface area (Å²) in [5, 5.41) is 28.7. The van der Waals surface area contributed by atoms with Crippen molar-refractivity contribution in [2.75, 3.05) is 6.54 Å². The minimum absolute atomic E-state index is 0.0168. The van der Waals surface area contributed by atoms with Crippen molar-refractivity contribution in [1.29, 1.82) is 0 Å². The van der Waals surface area contributed by atoms with E-state index in [1.165, 1.54) is 24.1 Å². The van der Waals surface area contributed by atoms with Crippen molar-refractivity contribution in [2.24, 2.45) is 22.2 Å². The molecule has 4 heterocycles. The number of fused-ring (bicyclic) bond motifs is 3. The van der Waals surface area contributed by atoms with Crippen molar-refractivity contribution in [3.05, 3.63) is 102 Å². The first-order chi connectivity index (χ1) is 36.6. The summed E-state index contributed by atoms with van der Waals surface area (Å²) in [6, 6.07) is 7.38. The number of aryl methyl sites for hydroxylation is 2. The van der Waals surface area contributed by atoms with E-state index in [1.807, 2.05) is 31.2 Å². The number of H-pyrrole nitrogens is 2. The summed E-state index contributed by atoms with van der Waals surface area (Å²) in [6.45, 7) is 3.38. The molecular weight excluding hydrogens is 979 g/mol. The number of para-hydroxylation sites is 1. The number of rotatable bonds is 17. The van der Waals surface area contributed by atoms with Crippen molar-refractivity contribution in [3.63, 3.8) is 0 Å². The Bertz CT molecular complexity index is 2790. The molecule has 0 fully saturated rings. The predicted octanol–water partition coefficient (Wildman–Crippen LogP) is -0.920. The van der Waals surface area contributed by atoms with Gasteiger partial charge in [0.1, 0.15) is 42.3 Å². The zero-order valence-electron chi connectivity index (χ0n) is 42.7. The number of aromatic amines is 2. The largest absolute Gasteiger partial charge is 0.370 e. The van der Waals surface area contributed by atoms with Gasteiger partial charge in [-0.3, -0.25) is 48.0 Å². The molecule has 0 saturated carbocycles. The standard InChI is InChI=1S/C51H69N17O8/c1-3-4-16-38(59-30(2)69)45(71)61-39-18-10-14-33-28-68(67-66-33)22-20-37(44(52)70)60-49(75)42(24-32-26-57-36-17-9-8-15-35(32)36)64-47(73)40(19-11-21-56-51(53)54)62-48(74)41(23-31-12-6-5-7-13-31)63-50(76)43(65-46(39)72)25-34-27-55-29-58-34/h5-9,12-13,15,17,26-29,37-43,57H,3-4,10-11,14,16,18-25H2,1-2H3,(H2,52,70)(H,55,58)(H,59,69)(H,60,75)(H,61,71)(H,62,74)(H,63,76)(H,64,73)(H,65,72)(H4,53,54,56)/t37-,38-,39-,40-,41+,42-,43-/m0/s1. The van der Waals surface area contributed by atoms with E-state index in [9.17, 15) is 38.4 Å². The number of hydrogen-bond acceptors (Lipinski definition) is 12. The summed E-state index contributed by atoms with van der Waals surface area (Å²) in [6.07, 6.45) is 8.36. The Morgan fingerprint density at radius 2 is 1.46 bits per heavy atom. The highest BCUT2D eigenvalue weighted by Crippen LogP contribution is 2.20. The van der Waals surface area contributed by atoms with Gasteiger partial charge in [-0.1, -0.05) is 73.5 Å². The molecular formula is C51H69N17O8. The van der Waals surface area contributed by atoms with E-state index in [4.69, 9.17) is 17.2 Å². The molecule has 0 saturated heterocycles. The van der Waals surface area contributed by atoms with Crippen LogP contribution in [0.3, 0.4) is 0 Å². The Balaban J connectivity index is 1.39. The van der Waals surface area contributed by atoms with Gasteiger partial charge >= 0.3 is 0 Å². The SMILES string of the molecule is CCCC[C@H](NC(C)=O)C(=O)N[C@H]1CCCc2cn(nn2)CC[C@@H](C(N)=O)NC(=O)[C@H](Cc2c[nH]c3ccccc23)NC(=O)[C@H](CCCN=C(N)N)NC(=O)[C@@H](Cc2ccccc2)NC(=O)[C@H](Cc2cnc[nH]2)NC1=O. The first-order valence-electron chi connectivity index (χ1n) is 25.5. The van der Waals surface area contributed by atoms with E-state index in [-0.39, 0.29) is 76.8 Å². The first kappa shape index (κ1) is 56.7. The van der Waals surface area contributed by atoms with E-state index < -0.39 is 89.6 Å². The van der Waals surface area contributed by atoms with Crippen LogP contribution >= 0.6 is 0 Å². The quantitative estimate of drug-likeness (QED) is 0.0305. The molecule has 0 aliphatic carbocycles. The van der Waals surface area contributed by atoms with E-state index in [0.717, 1.165) is 17.3 Å². The lowest BCUT2D eigenvalue weighted by Gasteiger charge is -2.28. The van der Waals surface area contributed by atoms with Gasteiger partial charge in [0, 0.05) is 74.5 Å². The average molecular weight is 1050 g/mol. The third-order valence-electron chi connectivity index (χ3n) is 12.8. The number of carbonyl (C=O) groups is 8. The number of hydrogen-bond donors (Lipinski definition) is 12. The number of aliphatic imine (C=N–C) groups is 1. The number of nitrogens with two attached hydrogens (primary N) is 3. The number of primary amides is 1. The molecule has 5 aromatic rings. The van der Waals surface area contributed by atoms with E-state index in [0.29, 0.717) is 35.4 Å². The van der Waals surface area contributed by atoms with Crippen LogP contribution in [-0.4, -0.2) is 132 Å². The first-order valence-corrected chi connectivity index (χ1v) is 25.5. The fourth-order valence-corrected chi connectivity index (χ4v) is 8.81. The topological polar surface area (TPSA) is 386 Å². The van der Waals surface area contributed by atoms with Gasteiger partial charge in [0.05, 0.1) is 12.0 Å². The fraction of sp³-hybridized carbons (Fsp3) is 0.451. The highest BCUT2D eigenvalue weighted by molar-refractivity contribution is 5.98. The minimum Gasteiger partial charge on any atom is -0.370 e. The van der Waals surface area contributed by atoms with Crippen LogP contribution in [0.2, 0.25) is 0 Å². The van der Waals surface area contributed by atoms with Gasteiger partial charge in [0.15, 0.2) is 5.96 Å². The summed E-state index contributed by atoms with van der Waals surface area (Å²) in [4.78, 5) is 126. The van der Waals surface area contributed by atoms with Gasteiger partial charge in [-0.15, -0.1) is 5.10 Å². The third kappa shape index (κ3) is 17.2. The molecule has 0 unspecified atom stereocenters. The number of nitrogens with one attached hydrogen (secondary N) is 9.